The van der Waals surface area contributed by atoms with Gasteiger partial charge in [-0.15, -0.1) is 0 Å². The monoisotopic (exact) mass is 571 g/mol. The van der Waals surface area contributed by atoms with E-state index in [2.05, 4.69) is 5.32 Å². The van der Waals surface area contributed by atoms with Crippen molar-refractivity contribution < 1.29 is 27.5 Å². The highest BCUT2D eigenvalue weighted by Crippen LogP contribution is 2.36. The number of benzene rings is 3. The first kappa shape index (κ1) is 28.3. The van der Waals surface area contributed by atoms with Crippen LogP contribution in [0, 0.1) is 0 Å². The number of halogens is 1. The van der Waals surface area contributed by atoms with E-state index in [0.717, 1.165) is 9.87 Å². The summed E-state index contributed by atoms with van der Waals surface area (Å²) in [7, 11) is -4.17. The van der Waals surface area contributed by atoms with Crippen molar-refractivity contribution in [3.63, 3.8) is 0 Å². The Morgan fingerprint density at radius 2 is 1.64 bits per heavy atom. The molecular formula is C28H30ClN3O6S. The maximum Gasteiger partial charge on any atom is 0.264 e. The lowest BCUT2D eigenvalue weighted by Gasteiger charge is -2.32. The molecule has 1 N–H and O–H groups in total. The van der Waals surface area contributed by atoms with E-state index >= 15 is 0 Å². The molecular weight excluding hydrogens is 542 g/mol. The minimum absolute atomic E-state index is 0.0220. The van der Waals surface area contributed by atoms with Gasteiger partial charge in [-0.1, -0.05) is 41.9 Å². The minimum atomic E-state index is -4.17. The SMILES string of the molecule is CCNC(=O)C(C)N(Cc1ccc(Cl)cc1)C(=O)CN(c1ccc2c(c1)OCCO2)S(=O)(=O)c1ccccc1. The molecule has 0 fully saturated rings. The Hall–Kier alpha value is -3.76. The van der Waals surface area contributed by atoms with E-state index in [1.54, 1.807) is 74.5 Å². The van der Waals surface area contributed by atoms with Gasteiger partial charge < -0.3 is 19.7 Å². The number of amides is 2. The number of carbonyl (C=O) groups excluding carboxylic acids is 2. The predicted molar refractivity (Wildman–Crippen MR) is 149 cm³/mol. The third-order valence-corrected chi connectivity index (χ3v) is 8.25. The Morgan fingerprint density at radius 3 is 2.31 bits per heavy atom. The Morgan fingerprint density at radius 1 is 0.974 bits per heavy atom. The molecule has 2 amide bonds. The van der Waals surface area contributed by atoms with Gasteiger partial charge in [-0.25, -0.2) is 8.42 Å². The number of rotatable bonds is 10. The number of sulfonamides is 1. The minimum Gasteiger partial charge on any atom is -0.486 e. The molecule has 11 heteroatoms. The molecule has 206 valence electrons. The van der Waals surface area contributed by atoms with Crippen LogP contribution in [0.3, 0.4) is 0 Å². The largest absolute Gasteiger partial charge is 0.486 e. The van der Waals surface area contributed by atoms with Crippen molar-refractivity contribution in [1.82, 2.24) is 10.2 Å². The second kappa shape index (κ2) is 12.4. The normalized spacial score (nSPS) is 13.3. The van der Waals surface area contributed by atoms with E-state index in [0.29, 0.717) is 36.3 Å². The van der Waals surface area contributed by atoms with Crippen LogP contribution >= 0.6 is 11.6 Å². The first-order valence-corrected chi connectivity index (χ1v) is 14.3. The van der Waals surface area contributed by atoms with Gasteiger partial charge in [0, 0.05) is 24.2 Å². The summed E-state index contributed by atoms with van der Waals surface area (Å²) in [5, 5.41) is 3.27. The Bertz CT molecular complexity index is 1420. The fraction of sp³-hybridized carbons (Fsp3) is 0.286. The highest BCUT2D eigenvalue weighted by Gasteiger charge is 2.33. The number of anilines is 1. The van der Waals surface area contributed by atoms with Crippen LogP contribution < -0.4 is 19.1 Å². The van der Waals surface area contributed by atoms with Gasteiger partial charge in [-0.2, -0.15) is 0 Å². The second-order valence-corrected chi connectivity index (χ2v) is 11.2. The summed E-state index contributed by atoms with van der Waals surface area (Å²) in [5.74, 6) is -0.0366. The van der Waals surface area contributed by atoms with Crippen LogP contribution in [-0.4, -0.2) is 57.5 Å². The zero-order valence-corrected chi connectivity index (χ0v) is 23.2. The number of fused-ring (bicyclic) bond motifs is 1. The lowest BCUT2D eigenvalue weighted by atomic mass is 10.1. The summed E-state index contributed by atoms with van der Waals surface area (Å²) in [4.78, 5) is 28.0. The van der Waals surface area contributed by atoms with Gasteiger partial charge in [0.1, 0.15) is 25.8 Å². The van der Waals surface area contributed by atoms with Crippen LogP contribution in [0.25, 0.3) is 0 Å². The zero-order chi connectivity index (χ0) is 28.0. The third kappa shape index (κ3) is 6.63. The highest BCUT2D eigenvalue weighted by atomic mass is 35.5. The molecule has 0 aromatic heterocycles. The number of carbonyl (C=O) groups is 2. The molecule has 0 bridgehead atoms. The van der Waals surface area contributed by atoms with Gasteiger partial charge in [0.25, 0.3) is 10.0 Å². The lowest BCUT2D eigenvalue weighted by Crippen LogP contribution is -2.51. The van der Waals surface area contributed by atoms with E-state index in [1.807, 2.05) is 0 Å². The second-order valence-electron chi connectivity index (χ2n) is 8.87. The number of nitrogens with zero attached hydrogens (tertiary/aromatic N) is 2. The van der Waals surface area contributed by atoms with Crippen molar-refractivity contribution in [3.05, 3.63) is 83.4 Å². The zero-order valence-electron chi connectivity index (χ0n) is 21.7. The Kier molecular flexibility index (Phi) is 8.98. The highest BCUT2D eigenvalue weighted by molar-refractivity contribution is 7.92. The molecule has 1 aliphatic heterocycles. The van der Waals surface area contributed by atoms with Gasteiger partial charge in [-0.05, 0) is 55.8 Å². The molecule has 3 aromatic carbocycles. The summed E-state index contributed by atoms with van der Waals surface area (Å²) >= 11 is 6.02. The number of likely N-dealkylation sites (N-methyl/N-ethyl adjacent to an activating group) is 1. The summed E-state index contributed by atoms with van der Waals surface area (Å²) in [6.45, 7) is 4.01. The fourth-order valence-electron chi connectivity index (χ4n) is 4.13. The van der Waals surface area contributed by atoms with Gasteiger partial charge in [0.15, 0.2) is 11.5 Å². The van der Waals surface area contributed by atoms with Crippen LogP contribution in [0.2, 0.25) is 5.02 Å². The van der Waals surface area contributed by atoms with Crippen molar-refractivity contribution in [3.8, 4) is 11.5 Å². The molecule has 1 unspecified atom stereocenters. The molecule has 1 aliphatic rings. The molecule has 39 heavy (non-hydrogen) atoms. The van der Waals surface area contributed by atoms with Crippen molar-refractivity contribution in [2.45, 2.75) is 31.3 Å². The van der Waals surface area contributed by atoms with Crippen LogP contribution in [-0.2, 0) is 26.2 Å². The van der Waals surface area contributed by atoms with E-state index in [9.17, 15) is 18.0 Å². The van der Waals surface area contributed by atoms with Gasteiger partial charge >= 0.3 is 0 Å². The average Bonchev–Trinajstić information content (AvgIpc) is 2.95. The molecule has 0 saturated heterocycles. The lowest BCUT2D eigenvalue weighted by molar-refractivity contribution is -0.139. The van der Waals surface area contributed by atoms with E-state index in [-0.39, 0.29) is 23.0 Å². The molecule has 4 rings (SSSR count). The molecule has 1 heterocycles. The van der Waals surface area contributed by atoms with E-state index in [1.165, 1.54) is 17.0 Å². The maximum absolute atomic E-state index is 13.9. The standard InChI is InChI=1S/C28H30ClN3O6S/c1-3-30-28(34)20(2)31(18-21-9-11-22(29)12-10-21)27(33)19-32(39(35,36)24-7-5-4-6-8-24)23-13-14-25-26(17-23)38-16-15-37-25/h4-14,17,20H,3,15-16,18-19H2,1-2H3,(H,30,34). The van der Waals surface area contributed by atoms with Crippen LogP contribution in [0.1, 0.15) is 19.4 Å². The number of ether oxygens (including phenoxy) is 2. The van der Waals surface area contributed by atoms with E-state index in [4.69, 9.17) is 21.1 Å². The Labute approximate surface area is 233 Å². The van der Waals surface area contributed by atoms with Crippen molar-refractivity contribution in [1.29, 1.82) is 0 Å². The van der Waals surface area contributed by atoms with Crippen LogP contribution in [0.4, 0.5) is 5.69 Å². The maximum atomic E-state index is 13.9. The first-order chi connectivity index (χ1) is 18.7. The van der Waals surface area contributed by atoms with Crippen molar-refractivity contribution in [2.24, 2.45) is 0 Å². The van der Waals surface area contributed by atoms with Crippen molar-refractivity contribution in [2.75, 3.05) is 30.6 Å². The fourth-order valence-corrected chi connectivity index (χ4v) is 5.68. The van der Waals surface area contributed by atoms with Gasteiger partial charge in [0.05, 0.1) is 10.6 Å². The Balaban J connectivity index is 1.73. The molecule has 0 radical (unpaired) electrons. The smallest absolute Gasteiger partial charge is 0.264 e. The molecule has 9 nitrogen and oxygen atoms in total. The van der Waals surface area contributed by atoms with Gasteiger partial charge in [0.2, 0.25) is 11.8 Å². The van der Waals surface area contributed by atoms with Crippen molar-refractivity contribution >= 4 is 39.1 Å². The number of hydrogen-bond acceptors (Lipinski definition) is 6. The van der Waals surface area contributed by atoms with Gasteiger partial charge in [-0.3, -0.25) is 13.9 Å². The molecule has 0 spiro atoms. The average molecular weight is 572 g/mol. The number of hydrogen-bond donors (Lipinski definition) is 1. The summed E-state index contributed by atoms with van der Waals surface area (Å²) in [5.41, 5.74) is 0.967. The quantitative estimate of drug-likeness (QED) is 0.396. The predicted octanol–water partition coefficient (Wildman–Crippen LogP) is 3.86. The summed E-state index contributed by atoms with van der Waals surface area (Å²) in [6.07, 6.45) is 0. The van der Waals surface area contributed by atoms with E-state index < -0.39 is 28.5 Å². The molecule has 1 atom stereocenters. The first-order valence-electron chi connectivity index (χ1n) is 12.5. The van der Waals surface area contributed by atoms with Crippen LogP contribution in [0.5, 0.6) is 11.5 Å². The molecule has 3 aromatic rings. The van der Waals surface area contributed by atoms with Crippen LogP contribution in [0.15, 0.2) is 77.7 Å². The third-order valence-electron chi connectivity index (χ3n) is 6.21. The number of nitrogens with one attached hydrogen (secondary N) is 1. The summed E-state index contributed by atoms with van der Waals surface area (Å²) in [6, 6.07) is 18.6. The molecule has 0 aliphatic carbocycles. The molecule has 0 saturated carbocycles. The summed E-state index contributed by atoms with van der Waals surface area (Å²) < 4.78 is 40.0. The topological polar surface area (TPSA) is 105 Å².